The molecule has 1 aromatic rings. The summed E-state index contributed by atoms with van der Waals surface area (Å²) in [6.45, 7) is 1.04. The van der Waals surface area contributed by atoms with Crippen LogP contribution in [-0.2, 0) is 14.8 Å². The van der Waals surface area contributed by atoms with Gasteiger partial charge in [-0.15, -0.1) is 0 Å². The van der Waals surface area contributed by atoms with Gasteiger partial charge in [-0.2, -0.15) is 4.31 Å². The highest BCUT2D eigenvalue weighted by Crippen LogP contribution is 2.44. The number of anilines is 1. The molecule has 1 aliphatic heterocycles. The first-order valence-electron chi connectivity index (χ1n) is 9.24. The summed E-state index contributed by atoms with van der Waals surface area (Å²) in [6, 6.07) is 4.71. The number of benzene rings is 1. The van der Waals surface area contributed by atoms with E-state index in [-0.39, 0.29) is 21.7 Å². The minimum absolute atomic E-state index is 0.0252. The third-order valence-corrected chi connectivity index (χ3v) is 8.13. The number of hydrogen-bond donors (Lipinski definition) is 1. The molecule has 0 aromatic heterocycles. The van der Waals surface area contributed by atoms with Gasteiger partial charge in [-0.1, -0.05) is 30.2 Å². The van der Waals surface area contributed by atoms with Gasteiger partial charge in [0.1, 0.15) is 4.90 Å². The number of piperidine rings is 1. The summed E-state index contributed by atoms with van der Waals surface area (Å²) in [5.41, 5.74) is 0.488. The molecule has 7 heteroatoms. The quantitative estimate of drug-likeness (QED) is 0.792. The molecule has 3 aliphatic rings. The van der Waals surface area contributed by atoms with Crippen LogP contribution in [-0.4, -0.2) is 31.7 Å². The third-order valence-electron chi connectivity index (χ3n) is 5.75. The van der Waals surface area contributed by atoms with Crippen molar-refractivity contribution in [3.05, 3.63) is 35.4 Å². The van der Waals surface area contributed by atoms with Gasteiger partial charge in [0, 0.05) is 24.7 Å². The van der Waals surface area contributed by atoms with Crippen LogP contribution in [0.25, 0.3) is 0 Å². The molecular weight excluding hydrogens is 372 g/mol. The lowest BCUT2D eigenvalue weighted by molar-refractivity contribution is -0.120. The van der Waals surface area contributed by atoms with Crippen molar-refractivity contribution in [2.24, 2.45) is 17.8 Å². The van der Waals surface area contributed by atoms with Gasteiger partial charge in [-0.05, 0) is 55.7 Å². The van der Waals surface area contributed by atoms with Crippen LogP contribution in [0.1, 0.15) is 32.1 Å². The summed E-state index contributed by atoms with van der Waals surface area (Å²) in [4.78, 5) is 12.7. The Morgan fingerprint density at radius 2 is 1.88 bits per heavy atom. The zero-order chi connectivity index (χ0) is 18.3. The van der Waals surface area contributed by atoms with E-state index in [2.05, 4.69) is 17.5 Å². The molecule has 1 heterocycles. The Labute approximate surface area is 159 Å². The van der Waals surface area contributed by atoms with Gasteiger partial charge >= 0.3 is 0 Å². The molecule has 3 atom stereocenters. The summed E-state index contributed by atoms with van der Waals surface area (Å²) in [7, 11) is -3.64. The van der Waals surface area contributed by atoms with Crippen molar-refractivity contribution in [2.75, 3.05) is 18.4 Å². The van der Waals surface area contributed by atoms with Crippen LogP contribution in [0.3, 0.4) is 0 Å². The number of nitrogens with one attached hydrogen (secondary N) is 1. The fraction of sp³-hybridized carbons (Fsp3) is 0.526. The van der Waals surface area contributed by atoms with Crippen molar-refractivity contribution in [2.45, 2.75) is 37.0 Å². The molecule has 1 saturated carbocycles. The first-order valence-corrected chi connectivity index (χ1v) is 11.1. The van der Waals surface area contributed by atoms with Crippen LogP contribution in [0, 0.1) is 17.8 Å². The van der Waals surface area contributed by atoms with Crippen LogP contribution in [0.2, 0.25) is 5.02 Å². The number of hydrogen-bond acceptors (Lipinski definition) is 3. The Bertz CT molecular complexity index is 846. The maximum absolute atomic E-state index is 12.9. The minimum Gasteiger partial charge on any atom is -0.326 e. The SMILES string of the molecule is O=C(Nc1ccc(Cl)c(S(=O)(=O)N2CCCCC2)c1)[C@H]1C[C@H]2C=C[C@H]1C2. The molecule has 140 valence electrons. The smallest absolute Gasteiger partial charge is 0.244 e. The van der Waals surface area contributed by atoms with Crippen LogP contribution < -0.4 is 5.32 Å². The number of allylic oxidation sites excluding steroid dienone is 2. The van der Waals surface area contributed by atoms with E-state index in [9.17, 15) is 13.2 Å². The molecule has 5 nitrogen and oxygen atoms in total. The Hall–Kier alpha value is -1.37. The lowest BCUT2D eigenvalue weighted by Crippen LogP contribution is -2.35. The molecular formula is C19H23ClN2O3S. The predicted octanol–water partition coefficient (Wildman–Crippen LogP) is 3.67. The van der Waals surface area contributed by atoms with Gasteiger partial charge in [-0.3, -0.25) is 4.79 Å². The number of fused-ring (bicyclic) bond motifs is 2. The maximum Gasteiger partial charge on any atom is 0.244 e. The van der Waals surface area contributed by atoms with Crippen molar-refractivity contribution >= 4 is 33.2 Å². The first-order chi connectivity index (χ1) is 12.4. The van der Waals surface area contributed by atoms with Crippen LogP contribution in [0.15, 0.2) is 35.2 Å². The monoisotopic (exact) mass is 394 g/mol. The fourth-order valence-corrected chi connectivity index (χ4v) is 6.36. The second kappa shape index (κ2) is 6.98. The Balaban J connectivity index is 1.54. The third kappa shape index (κ3) is 3.30. The number of halogens is 1. The summed E-state index contributed by atoms with van der Waals surface area (Å²) < 4.78 is 27.3. The van der Waals surface area contributed by atoms with E-state index >= 15 is 0 Å². The zero-order valence-electron chi connectivity index (χ0n) is 14.5. The van der Waals surface area contributed by atoms with Crippen molar-refractivity contribution < 1.29 is 13.2 Å². The fourth-order valence-electron chi connectivity index (χ4n) is 4.34. The molecule has 2 bridgehead atoms. The maximum atomic E-state index is 12.9. The van der Waals surface area contributed by atoms with Gasteiger partial charge in [0.15, 0.2) is 0 Å². The second-order valence-corrected chi connectivity index (χ2v) is 9.80. The first kappa shape index (κ1) is 18.0. The molecule has 4 rings (SSSR count). The van der Waals surface area contributed by atoms with Crippen LogP contribution >= 0.6 is 11.6 Å². The van der Waals surface area contributed by atoms with E-state index in [4.69, 9.17) is 11.6 Å². The molecule has 1 amide bonds. The van der Waals surface area contributed by atoms with E-state index in [1.54, 1.807) is 12.1 Å². The molecule has 2 fully saturated rings. The van der Waals surface area contributed by atoms with Gasteiger partial charge in [-0.25, -0.2) is 8.42 Å². The minimum atomic E-state index is -3.64. The number of rotatable bonds is 4. The van der Waals surface area contributed by atoms with Crippen molar-refractivity contribution in [1.82, 2.24) is 4.31 Å². The summed E-state index contributed by atoms with van der Waals surface area (Å²) in [5.74, 6) is 0.758. The summed E-state index contributed by atoms with van der Waals surface area (Å²) in [6.07, 6.45) is 9.03. The van der Waals surface area contributed by atoms with Crippen molar-refractivity contribution in [1.29, 1.82) is 0 Å². The molecule has 1 aromatic carbocycles. The lowest BCUT2D eigenvalue weighted by Gasteiger charge is -2.26. The number of nitrogens with zero attached hydrogens (tertiary/aromatic N) is 1. The van der Waals surface area contributed by atoms with E-state index in [0.717, 1.165) is 32.1 Å². The van der Waals surface area contributed by atoms with Gasteiger partial charge in [0.2, 0.25) is 15.9 Å². The highest BCUT2D eigenvalue weighted by molar-refractivity contribution is 7.89. The summed E-state index contributed by atoms with van der Waals surface area (Å²) in [5, 5.41) is 3.09. The number of carbonyl (C=O) groups is 1. The predicted molar refractivity (Wildman–Crippen MR) is 102 cm³/mol. The number of sulfonamides is 1. The van der Waals surface area contributed by atoms with E-state index in [1.807, 2.05) is 0 Å². The molecule has 1 N–H and O–H groups in total. The molecule has 2 aliphatic carbocycles. The second-order valence-electron chi connectivity index (χ2n) is 7.49. The number of carbonyl (C=O) groups excluding carboxylic acids is 1. The van der Waals surface area contributed by atoms with Gasteiger partial charge < -0.3 is 5.32 Å². The highest BCUT2D eigenvalue weighted by Gasteiger charge is 2.39. The van der Waals surface area contributed by atoms with E-state index in [1.165, 1.54) is 10.4 Å². The van der Waals surface area contributed by atoms with E-state index < -0.39 is 10.0 Å². The van der Waals surface area contributed by atoms with Crippen LogP contribution in [0.5, 0.6) is 0 Å². The molecule has 0 spiro atoms. The van der Waals surface area contributed by atoms with Crippen molar-refractivity contribution in [3.8, 4) is 0 Å². The van der Waals surface area contributed by atoms with E-state index in [0.29, 0.717) is 30.6 Å². The Morgan fingerprint density at radius 3 is 2.54 bits per heavy atom. The largest absolute Gasteiger partial charge is 0.326 e. The van der Waals surface area contributed by atoms with Crippen molar-refractivity contribution in [3.63, 3.8) is 0 Å². The average molecular weight is 395 g/mol. The molecule has 26 heavy (non-hydrogen) atoms. The van der Waals surface area contributed by atoms with Crippen LogP contribution in [0.4, 0.5) is 5.69 Å². The lowest BCUT2D eigenvalue weighted by atomic mass is 9.93. The normalized spacial score (nSPS) is 28.4. The Morgan fingerprint density at radius 1 is 1.12 bits per heavy atom. The average Bonchev–Trinajstić information content (AvgIpc) is 3.27. The molecule has 1 saturated heterocycles. The molecule has 0 unspecified atom stereocenters. The Kier molecular flexibility index (Phi) is 4.84. The topological polar surface area (TPSA) is 66.5 Å². The highest BCUT2D eigenvalue weighted by atomic mass is 35.5. The standard InChI is InChI=1S/C19H23ClN2O3S/c20-17-7-6-15(21-19(23)16-11-13-4-5-14(16)10-13)12-18(17)26(24,25)22-8-2-1-3-9-22/h4-7,12-14,16H,1-3,8-11H2,(H,21,23)/t13-,14-,16-/m0/s1. The number of amides is 1. The zero-order valence-corrected chi connectivity index (χ0v) is 16.1. The van der Waals surface area contributed by atoms with Gasteiger partial charge in [0.05, 0.1) is 5.02 Å². The summed E-state index contributed by atoms with van der Waals surface area (Å²) >= 11 is 6.19. The molecule has 0 radical (unpaired) electrons. The van der Waals surface area contributed by atoms with Gasteiger partial charge in [0.25, 0.3) is 0 Å².